The predicted octanol–water partition coefficient (Wildman–Crippen LogP) is 3.39. The van der Waals surface area contributed by atoms with Gasteiger partial charge in [-0.1, -0.05) is 26.8 Å². The molecule has 0 radical (unpaired) electrons. The van der Waals surface area contributed by atoms with Crippen molar-refractivity contribution in [3.8, 4) is 5.75 Å². The fourth-order valence-corrected chi connectivity index (χ4v) is 3.46. The number of carbonyl (C=O) groups excluding carboxylic acids is 2. The van der Waals surface area contributed by atoms with Crippen LogP contribution in [0.1, 0.15) is 31.1 Å². The normalized spacial score (nSPS) is 14.1. The number of hydrogen-bond acceptors (Lipinski definition) is 6. The van der Waals surface area contributed by atoms with E-state index >= 15 is 0 Å². The number of amides is 1. The van der Waals surface area contributed by atoms with Crippen LogP contribution in [-0.4, -0.2) is 50.7 Å². The summed E-state index contributed by atoms with van der Waals surface area (Å²) in [5, 5.41) is 0. The maximum Gasteiger partial charge on any atom is 0.312 e. The van der Waals surface area contributed by atoms with Crippen molar-refractivity contribution < 1.29 is 19.1 Å². The molecule has 7 heteroatoms. The summed E-state index contributed by atoms with van der Waals surface area (Å²) < 4.78 is 10.2. The highest BCUT2D eigenvalue weighted by atomic mass is 16.5. The number of nitrogens with zero attached hydrogens (tertiary/aromatic N) is 3. The number of pyridine rings is 1. The Balaban J connectivity index is 1.96. The van der Waals surface area contributed by atoms with Crippen molar-refractivity contribution in [3.05, 3.63) is 48.2 Å². The quantitative estimate of drug-likeness (QED) is 0.679. The van der Waals surface area contributed by atoms with Crippen LogP contribution in [0.25, 0.3) is 0 Å². The predicted molar refractivity (Wildman–Crippen MR) is 116 cm³/mol. The molecule has 2 aromatic rings. The zero-order valence-corrected chi connectivity index (χ0v) is 18.2. The molecule has 1 saturated heterocycles. The van der Waals surface area contributed by atoms with Crippen LogP contribution in [0.5, 0.6) is 5.75 Å². The van der Waals surface area contributed by atoms with E-state index in [0.717, 1.165) is 5.69 Å². The van der Waals surface area contributed by atoms with Crippen molar-refractivity contribution >= 4 is 23.4 Å². The molecular weight excluding hydrogens is 382 g/mol. The SMILES string of the molecule is COC(=O)C1CN(c2cc(OC)ccc2C(=O)N(CC(C)(C)C)c2ccccn2)C1. The Morgan fingerprint density at radius 3 is 2.47 bits per heavy atom. The second-order valence-corrected chi connectivity index (χ2v) is 8.65. The van der Waals surface area contributed by atoms with E-state index in [-0.39, 0.29) is 23.2 Å². The maximum absolute atomic E-state index is 13.7. The second kappa shape index (κ2) is 8.73. The highest BCUT2D eigenvalue weighted by molar-refractivity contribution is 6.09. The van der Waals surface area contributed by atoms with Crippen molar-refractivity contribution in [2.45, 2.75) is 20.8 Å². The van der Waals surface area contributed by atoms with Gasteiger partial charge in [-0.05, 0) is 29.7 Å². The van der Waals surface area contributed by atoms with E-state index in [9.17, 15) is 9.59 Å². The molecule has 1 aromatic carbocycles. The third-order valence-corrected chi connectivity index (χ3v) is 5.00. The van der Waals surface area contributed by atoms with E-state index in [2.05, 4.69) is 25.8 Å². The molecule has 2 heterocycles. The van der Waals surface area contributed by atoms with E-state index in [1.807, 2.05) is 29.2 Å². The second-order valence-electron chi connectivity index (χ2n) is 8.65. The van der Waals surface area contributed by atoms with Gasteiger partial charge in [0.2, 0.25) is 0 Å². The lowest BCUT2D eigenvalue weighted by atomic mass is 9.94. The summed E-state index contributed by atoms with van der Waals surface area (Å²) in [6.07, 6.45) is 1.68. The molecule has 1 fully saturated rings. The van der Waals surface area contributed by atoms with E-state index in [0.29, 0.717) is 36.8 Å². The van der Waals surface area contributed by atoms with Gasteiger partial charge in [-0.3, -0.25) is 14.5 Å². The van der Waals surface area contributed by atoms with Gasteiger partial charge < -0.3 is 14.4 Å². The summed E-state index contributed by atoms with van der Waals surface area (Å²) >= 11 is 0. The van der Waals surface area contributed by atoms with E-state index in [1.165, 1.54) is 7.11 Å². The molecule has 0 atom stereocenters. The molecule has 1 aliphatic heterocycles. The maximum atomic E-state index is 13.7. The van der Waals surface area contributed by atoms with Gasteiger partial charge in [0, 0.05) is 31.9 Å². The summed E-state index contributed by atoms with van der Waals surface area (Å²) in [4.78, 5) is 33.6. The molecule has 0 N–H and O–H groups in total. The number of benzene rings is 1. The third-order valence-electron chi connectivity index (χ3n) is 5.00. The highest BCUT2D eigenvalue weighted by Crippen LogP contribution is 2.34. The average Bonchev–Trinajstić information content (AvgIpc) is 2.70. The van der Waals surface area contributed by atoms with E-state index < -0.39 is 0 Å². The van der Waals surface area contributed by atoms with Crippen LogP contribution in [0.3, 0.4) is 0 Å². The standard InChI is InChI=1S/C23H29N3O4/c1-23(2,3)15-26(20-8-6-7-11-24-20)21(27)18-10-9-17(29-4)12-19(18)25-13-16(14-25)22(28)30-5/h6-12,16H,13-15H2,1-5H3. The summed E-state index contributed by atoms with van der Waals surface area (Å²) in [5.41, 5.74) is 1.18. The minimum atomic E-state index is -0.232. The lowest BCUT2D eigenvalue weighted by molar-refractivity contribution is -0.146. The van der Waals surface area contributed by atoms with Crippen LogP contribution in [-0.2, 0) is 9.53 Å². The molecule has 160 valence electrons. The van der Waals surface area contributed by atoms with Crippen LogP contribution in [0.4, 0.5) is 11.5 Å². The van der Waals surface area contributed by atoms with Crippen LogP contribution >= 0.6 is 0 Å². The first-order valence-corrected chi connectivity index (χ1v) is 9.97. The van der Waals surface area contributed by atoms with Crippen molar-refractivity contribution in [2.75, 3.05) is 43.7 Å². The lowest BCUT2D eigenvalue weighted by Gasteiger charge is -2.40. The average molecular weight is 412 g/mol. The van der Waals surface area contributed by atoms with Gasteiger partial charge in [-0.15, -0.1) is 0 Å². The molecule has 0 saturated carbocycles. The monoisotopic (exact) mass is 411 g/mol. The number of rotatable bonds is 6. The Bertz CT molecular complexity index is 902. The molecule has 30 heavy (non-hydrogen) atoms. The van der Waals surface area contributed by atoms with Gasteiger partial charge >= 0.3 is 5.97 Å². The molecule has 1 aliphatic rings. The number of esters is 1. The van der Waals surface area contributed by atoms with Crippen LogP contribution in [0.15, 0.2) is 42.6 Å². The number of anilines is 2. The van der Waals surface area contributed by atoms with Crippen LogP contribution in [0.2, 0.25) is 0 Å². The van der Waals surface area contributed by atoms with Gasteiger partial charge in [-0.2, -0.15) is 0 Å². The number of aromatic nitrogens is 1. The summed E-state index contributed by atoms with van der Waals surface area (Å²) in [5.74, 6) is 0.705. The van der Waals surface area contributed by atoms with Crippen LogP contribution < -0.4 is 14.5 Å². The smallest absolute Gasteiger partial charge is 0.312 e. The number of ether oxygens (including phenoxy) is 2. The Labute approximate surface area is 177 Å². The Kier molecular flexibility index (Phi) is 6.29. The molecule has 0 spiro atoms. The fourth-order valence-electron chi connectivity index (χ4n) is 3.46. The fraction of sp³-hybridized carbons (Fsp3) is 0.435. The van der Waals surface area contributed by atoms with Gasteiger partial charge in [0.1, 0.15) is 11.6 Å². The molecule has 7 nitrogen and oxygen atoms in total. The molecule has 0 aliphatic carbocycles. The third kappa shape index (κ3) is 4.72. The first kappa shape index (κ1) is 21.6. The van der Waals surface area contributed by atoms with Crippen molar-refractivity contribution in [2.24, 2.45) is 11.3 Å². The van der Waals surface area contributed by atoms with Crippen molar-refractivity contribution in [1.82, 2.24) is 4.98 Å². The lowest BCUT2D eigenvalue weighted by Crippen LogP contribution is -2.51. The zero-order chi connectivity index (χ0) is 21.9. The first-order chi connectivity index (χ1) is 14.2. The van der Waals surface area contributed by atoms with Crippen LogP contribution in [0, 0.1) is 11.3 Å². The minimum Gasteiger partial charge on any atom is -0.497 e. The molecule has 1 amide bonds. The topological polar surface area (TPSA) is 72.0 Å². The Morgan fingerprint density at radius 1 is 1.17 bits per heavy atom. The summed E-state index contributed by atoms with van der Waals surface area (Å²) in [6.45, 7) is 7.77. The highest BCUT2D eigenvalue weighted by Gasteiger charge is 2.36. The first-order valence-electron chi connectivity index (χ1n) is 9.97. The number of carbonyl (C=O) groups is 2. The largest absolute Gasteiger partial charge is 0.497 e. The van der Waals surface area contributed by atoms with Gasteiger partial charge in [0.25, 0.3) is 5.91 Å². The summed E-state index contributed by atoms with van der Waals surface area (Å²) in [6, 6.07) is 10.9. The van der Waals surface area contributed by atoms with Gasteiger partial charge in [-0.25, -0.2) is 4.98 Å². The Morgan fingerprint density at radius 2 is 1.90 bits per heavy atom. The van der Waals surface area contributed by atoms with Crippen molar-refractivity contribution in [3.63, 3.8) is 0 Å². The molecular formula is C23H29N3O4. The number of hydrogen-bond donors (Lipinski definition) is 0. The van der Waals surface area contributed by atoms with Gasteiger partial charge in [0.15, 0.2) is 0 Å². The number of methoxy groups -OCH3 is 2. The zero-order valence-electron chi connectivity index (χ0n) is 18.2. The van der Waals surface area contributed by atoms with E-state index in [4.69, 9.17) is 9.47 Å². The summed E-state index contributed by atoms with van der Waals surface area (Å²) in [7, 11) is 2.98. The molecule has 0 bridgehead atoms. The molecule has 3 rings (SSSR count). The molecule has 0 unspecified atom stereocenters. The van der Waals surface area contributed by atoms with Gasteiger partial charge in [0.05, 0.1) is 31.4 Å². The van der Waals surface area contributed by atoms with Crippen molar-refractivity contribution in [1.29, 1.82) is 0 Å². The minimum absolute atomic E-state index is 0.119. The Hall–Kier alpha value is -3.09. The molecule has 1 aromatic heterocycles. The van der Waals surface area contributed by atoms with E-state index in [1.54, 1.807) is 30.3 Å².